The van der Waals surface area contributed by atoms with Crippen molar-refractivity contribution in [2.75, 3.05) is 0 Å². The molecule has 3 aromatic carbocycles. The lowest BCUT2D eigenvalue weighted by atomic mass is 9.97. The Morgan fingerprint density at radius 1 is 0.793 bits per heavy atom. The lowest BCUT2D eigenvalue weighted by Gasteiger charge is -2.06. The Kier molecular flexibility index (Phi) is 3.30. The fourth-order valence-electron chi connectivity index (χ4n) is 4.48. The summed E-state index contributed by atoms with van der Waals surface area (Å²) in [4.78, 5) is 4.67. The third-order valence-corrected chi connectivity index (χ3v) is 5.89. The maximum atomic E-state index is 6.41. The first-order valence-electron chi connectivity index (χ1n) is 9.80. The summed E-state index contributed by atoms with van der Waals surface area (Å²) in [5.74, 6) is 0. The van der Waals surface area contributed by atoms with Crippen LogP contribution in [0.25, 0.3) is 54.9 Å². The molecule has 0 N–H and O–H groups in total. The summed E-state index contributed by atoms with van der Waals surface area (Å²) < 4.78 is 8.54. The average Bonchev–Trinajstić information content (AvgIpc) is 3.13. The topological polar surface area (TPSA) is 29.9 Å². The number of aryl methyl sites for hydroxylation is 2. The summed E-state index contributed by atoms with van der Waals surface area (Å²) in [6, 6.07) is 23.4. The van der Waals surface area contributed by atoms with Gasteiger partial charge in [-0.15, -0.1) is 0 Å². The van der Waals surface area contributed by atoms with Crippen LogP contribution in [0.2, 0.25) is 0 Å². The fraction of sp³-hybridized carbons (Fsp3) is 0.0769. The maximum Gasteiger partial charge on any atom is 0.227 e. The van der Waals surface area contributed by atoms with Crippen LogP contribution in [0, 0.1) is 6.92 Å². The molecule has 0 unspecified atom stereocenters. The van der Waals surface area contributed by atoms with Crippen LogP contribution in [-0.2, 0) is 7.05 Å². The average molecular weight is 375 g/mol. The minimum atomic E-state index is 0.689. The Morgan fingerprint density at radius 3 is 2.52 bits per heavy atom. The highest BCUT2D eigenvalue weighted by atomic mass is 16.3. The predicted molar refractivity (Wildman–Crippen MR) is 118 cm³/mol. The number of aromatic nitrogens is 2. The zero-order valence-electron chi connectivity index (χ0n) is 16.3. The van der Waals surface area contributed by atoms with Crippen LogP contribution in [0.5, 0.6) is 0 Å². The number of furan rings is 1. The van der Waals surface area contributed by atoms with Gasteiger partial charge in [0.2, 0.25) is 11.4 Å². The molecule has 29 heavy (non-hydrogen) atoms. The van der Waals surface area contributed by atoms with Gasteiger partial charge in [0.05, 0.1) is 10.9 Å². The molecule has 3 heterocycles. The molecule has 3 nitrogen and oxygen atoms in total. The molecule has 0 aliphatic rings. The minimum absolute atomic E-state index is 0.689. The van der Waals surface area contributed by atoms with Gasteiger partial charge in [-0.3, -0.25) is 0 Å². The van der Waals surface area contributed by atoms with Crippen molar-refractivity contribution >= 4 is 43.6 Å². The largest absolute Gasteiger partial charge is 0.437 e. The molecule has 0 bridgehead atoms. The van der Waals surface area contributed by atoms with Gasteiger partial charge in [0.1, 0.15) is 7.05 Å². The van der Waals surface area contributed by atoms with E-state index in [4.69, 9.17) is 4.42 Å². The molecule has 138 valence electrons. The molecule has 0 spiro atoms. The monoisotopic (exact) mass is 375 g/mol. The number of pyridine rings is 2. The van der Waals surface area contributed by atoms with E-state index in [9.17, 15) is 0 Å². The van der Waals surface area contributed by atoms with E-state index in [1.165, 1.54) is 21.7 Å². The zero-order valence-corrected chi connectivity index (χ0v) is 16.3. The Labute approximate surface area is 167 Å². The molecule has 0 saturated carbocycles. The molecule has 0 amide bonds. The molecule has 3 heteroatoms. The molecule has 0 saturated heterocycles. The summed E-state index contributed by atoms with van der Waals surface area (Å²) in [6.07, 6.45) is 3.99. The van der Waals surface area contributed by atoms with Crippen molar-refractivity contribution in [1.29, 1.82) is 0 Å². The number of hydrogen-bond acceptors (Lipinski definition) is 2. The summed E-state index contributed by atoms with van der Waals surface area (Å²) in [5.41, 5.74) is 5.03. The maximum absolute atomic E-state index is 6.41. The van der Waals surface area contributed by atoms with Gasteiger partial charge in [-0.1, -0.05) is 48.5 Å². The van der Waals surface area contributed by atoms with Crippen molar-refractivity contribution in [3.05, 3.63) is 84.7 Å². The smallest absolute Gasteiger partial charge is 0.227 e. The molecule has 6 aromatic rings. The third kappa shape index (κ3) is 2.24. The second-order valence-electron chi connectivity index (χ2n) is 7.62. The Morgan fingerprint density at radius 2 is 1.62 bits per heavy atom. The van der Waals surface area contributed by atoms with E-state index < -0.39 is 0 Å². The van der Waals surface area contributed by atoms with Gasteiger partial charge in [-0.25, -0.2) is 9.55 Å². The van der Waals surface area contributed by atoms with Crippen molar-refractivity contribution in [3.63, 3.8) is 0 Å². The van der Waals surface area contributed by atoms with Gasteiger partial charge in [0.15, 0.2) is 11.8 Å². The van der Waals surface area contributed by atoms with Gasteiger partial charge in [-0.05, 0) is 29.3 Å². The first-order valence-corrected chi connectivity index (χ1v) is 9.80. The SMILES string of the molecule is Cc1ccc2c(oc3ncc4ccc5ccccc5c4c32)c1-c1cccc[n+]1C. The van der Waals surface area contributed by atoms with E-state index in [0.717, 1.165) is 33.0 Å². The van der Waals surface area contributed by atoms with Gasteiger partial charge in [0.25, 0.3) is 0 Å². The number of hydrogen-bond donors (Lipinski definition) is 0. The van der Waals surface area contributed by atoms with Crippen molar-refractivity contribution in [1.82, 2.24) is 4.98 Å². The van der Waals surface area contributed by atoms with Crippen molar-refractivity contribution in [3.8, 4) is 11.3 Å². The number of benzene rings is 3. The van der Waals surface area contributed by atoms with Crippen LogP contribution in [0.15, 0.2) is 83.5 Å². The summed E-state index contributed by atoms with van der Waals surface area (Å²) >= 11 is 0. The normalized spacial score (nSPS) is 11.8. The summed E-state index contributed by atoms with van der Waals surface area (Å²) in [5, 5.41) is 6.99. The second-order valence-corrected chi connectivity index (χ2v) is 7.62. The second kappa shape index (κ2) is 5.89. The Hall–Kier alpha value is -3.72. The molecular formula is C26H19N2O+. The Balaban J connectivity index is 1.85. The summed E-state index contributed by atoms with van der Waals surface area (Å²) in [7, 11) is 2.07. The van der Waals surface area contributed by atoms with Crippen molar-refractivity contribution in [2.45, 2.75) is 6.92 Å². The standard InChI is InChI=1S/C26H19N2O/c1-16-10-13-20-24-23-18(12-11-17-7-3-4-8-19(17)23)15-27-26(24)29-25(20)22(16)21-9-5-6-14-28(21)2/h3-15H,1-2H3/q+1. The van der Waals surface area contributed by atoms with E-state index >= 15 is 0 Å². The van der Waals surface area contributed by atoms with Crippen LogP contribution < -0.4 is 4.57 Å². The van der Waals surface area contributed by atoms with E-state index in [0.29, 0.717) is 5.71 Å². The Bertz CT molecular complexity index is 1580. The van der Waals surface area contributed by atoms with Crippen LogP contribution in [0.3, 0.4) is 0 Å². The summed E-state index contributed by atoms with van der Waals surface area (Å²) in [6.45, 7) is 2.13. The lowest BCUT2D eigenvalue weighted by molar-refractivity contribution is -0.660. The first-order chi connectivity index (χ1) is 14.2. The number of rotatable bonds is 1. The van der Waals surface area contributed by atoms with Gasteiger partial charge in [-0.2, -0.15) is 0 Å². The number of nitrogens with zero attached hydrogens (tertiary/aromatic N) is 2. The van der Waals surface area contributed by atoms with Crippen molar-refractivity contribution < 1.29 is 8.98 Å². The molecule has 0 aliphatic carbocycles. The zero-order chi connectivity index (χ0) is 19.5. The lowest BCUT2D eigenvalue weighted by Crippen LogP contribution is -2.30. The van der Waals surface area contributed by atoms with E-state index in [1.54, 1.807) is 0 Å². The van der Waals surface area contributed by atoms with E-state index in [1.807, 2.05) is 12.3 Å². The molecule has 3 aromatic heterocycles. The molecule has 0 atom stereocenters. The third-order valence-electron chi connectivity index (χ3n) is 5.89. The molecule has 6 rings (SSSR count). The first kappa shape index (κ1) is 16.3. The highest BCUT2D eigenvalue weighted by Crippen LogP contribution is 2.40. The van der Waals surface area contributed by atoms with Gasteiger partial charge >= 0.3 is 0 Å². The molecule has 0 aliphatic heterocycles. The quantitative estimate of drug-likeness (QED) is 0.257. The molecule has 0 radical (unpaired) electrons. The fourth-order valence-corrected chi connectivity index (χ4v) is 4.48. The highest BCUT2D eigenvalue weighted by Gasteiger charge is 2.22. The minimum Gasteiger partial charge on any atom is -0.437 e. The van der Waals surface area contributed by atoms with Crippen LogP contribution >= 0.6 is 0 Å². The van der Waals surface area contributed by atoms with Gasteiger partial charge < -0.3 is 4.42 Å². The number of fused-ring (bicyclic) bond motifs is 7. The van der Waals surface area contributed by atoms with E-state index in [-0.39, 0.29) is 0 Å². The van der Waals surface area contributed by atoms with Crippen molar-refractivity contribution in [2.24, 2.45) is 7.05 Å². The van der Waals surface area contributed by atoms with Crippen LogP contribution in [-0.4, -0.2) is 4.98 Å². The van der Waals surface area contributed by atoms with E-state index in [2.05, 4.69) is 90.4 Å². The molecule has 0 fully saturated rings. The predicted octanol–water partition coefficient (Wildman–Crippen LogP) is 6.09. The highest BCUT2D eigenvalue weighted by molar-refractivity contribution is 6.26. The van der Waals surface area contributed by atoms with Crippen LogP contribution in [0.4, 0.5) is 0 Å². The van der Waals surface area contributed by atoms with Crippen LogP contribution in [0.1, 0.15) is 5.56 Å². The molecular weight excluding hydrogens is 356 g/mol. The van der Waals surface area contributed by atoms with Gasteiger partial charge in [0, 0.05) is 34.5 Å².